The molecule has 2 nitrogen and oxygen atoms in total. The first-order valence-electron chi connectivity index (χ1n) is 6.44. The van der Waals surface area contributed by atoms with Crippen molar-refractivity contribution in [3.05, 3.63) is 59.7 Å². The van der Waals surface area contributed by atoms with Gasteiger partial charge >= 0.3 is 0 Å². The number of halogens is 2. The monoisotopic (exact) mass is 422 g/mol. The van der Waals surface area contributed by atoms with Gasteiger partial charge in [-0.2, -0.15) is 0 Å². The van der Waals surface area contributed by atoms with Crippen LogP contribution >= 0.6 is 43.2 Å². The van der Waals surface area contributed by atoms with Crippen molar-refractivity contribution in [3.63, 3.8) is 0 Å². The molecule has 3 rings (SSSR count). The maximum absolute atomic E-state index is 4.31. The van der Waals surface area contributed by atoms with Gasteiger partial charge in [0.25, 0.3) is 0 Å². The highest BCUT2D eigenvalue weighted by Gasteiger charge is 2.08. The summed E-state index contributed by atoms with van der Waals surface area (Å²) in [6.45, 7) is 0. The smallest absolute Gasteiger partial charge is 0.138 e. The van der Waals surface area contributed by atoms with Crippen LogP contribution in [0.25, 0.3) is 21.1 Å². The molecule has 0 aliphatic heterocycles. The van der Waals surface area contributed by atoms with Gasteiger partial charge in [0.15, 0.2) is 0 Å². The molecule has 2 aromatic carbocycles. The van der Waals surface area contributed by atoms with E-state index in [1.54, 1.807) is 11.3 Å². The number of aromatic nitrogens is 2. The van der Waals surface area contributed by atoms with Gasteiger partial charge in [0.05, 0.1) is 0 Å². The normalized spacial score (nSPS) is 10.8. The Bertz CT molecular complexity index is 659. The number of benzene rings is 2. The second-order valence-electron chi connectivity index (χ2n) is 4.57. The minimum absolute atomic E-state index is 0.870. The van der Waals surface area contributed by atoms with Crippen molar-refractivity contribution >= 4 is 43.2 Å². The highest BCUT2D eigenvalue weighted by Crippen LogP contribution is 2.30. The lowest BCUT2D eigenvalue weighted by Gasteiger charge is -1.98. The van der Waals surface area contributed by atoms with Crippen molar-refractivity contribution < 1.29 is 0 Å². The lowest BCUT2D eigenvalue weighted by molar-refractivity contribution is 1.10. The largest absolute Gasteiger partial charge is 0.148 e. The average molecular weight is 424 g/mol. The van der Waals surface area contributed by atoms with Crippen molar-refractivity contribution in [3.8, 4) is 21.1 Å². The van der Waals surface area contributed by atoms with Gasteiger partial charge in [0.1, 0.15) is 10.0 Å². The molecule has 0 saturated carbocycles. The van der Waals surface area contributed by atoms with E-state index in [1.165, 1.54) is 11.1 Å². The Hall–Kier alpha value is -1.04. The first-order chi connectivity index (χ1) is 10.3. The van der Waals surface area contributed by atoms with Crippen molar-refractivity contribution in [1.82, 2.24) is 10.2 Å². The quantitative estimate of drug-likeness (QED) is 0.505. The van der Waals surface area contributed by atoms with Crippen LogP contribution in [0.5, 0.6) is 0 Å². The molecule has 106 valence electrons. The van der Waals surface area contributed by atoms with Crippen molar-refractivity contribution in [1.29, 1.82) is 0 Å². The summed E-state index contributed by atoms with van der Waals surface area (Å²) in [5.41, 5.74) is 4.74. The Kier molecular flexibility index (Phi) is 4.83. The maximum Gasteiger partial charge on any atom is 0.148 e. The third-order valence-electron chi connectivity index (χ3n) is 3.14. The lowest BCUT2D eigenvalue weighted by Crippen LogP contribution is -1.80. The van der Waals surface area contributed by atoms with Crippen molar-refractivity contribution in [2.24, 2.45) is 0 Å². The summed E-state index contributed by atoms with van der Waals surface area (Å²) in [5, 5.41) is 12.3. The van der Waals surface area contributed by atoms with Crippen LogP contribution < -0.4 is 0 Å². The van der Waals surface area contributed by atoms with Gasteiger partial charge in [-0.25, -0.2) is 0 Å². The molecule has 0 bridgehead atoms. The Morgan fingerprint density at radius 2 is 1.05 bits per heavy atom. The minimum Gasteiger partial charge on any atom is -0.138 e. The number of rotatable bonds is 4. The van der Waals surface area contributed by atoms with Crippen LogP contribution in [0.4, 0.5) is 0 Å². The predicted molar refractivity (Wildman–Crippen MR) is 96.0 cm³/mol. The molecular weight excluding hydrogens is 412 g/mol. The zero-order valence-corrected chi connectivity index (χ0v) is 15.1. The van der Waals surface area contributed by atoms with Crippen LogP contribution in [0.1, 0.15) is 11.1 Å². The zero-order valence-electron chi connectivity index (χ0n) is 11.1. The van der Waals surface area contributed by atoms with E-state index in [0.717, 1.165) is 31.8 Å². The Morgan fingerprint density at radius 1 is 0.667 bits per heavy atom. The highest BCUT2D eigenvalue weighted by atomic mass is 79.9. The molecular formula is C16H12Br2N2S. The van der Waals surface area contributed by atoms with Gasteiger partial charge in [0.2, 0.25) is 0 Å². The summed E-state index contributed by atoms with van der Waals surface area (Å²) >= 11 is 8.53. The van der Waals surface area contributed by atoms with Crippen LogP contribution in [0.3, 0.4) is 0 Å². The molecule has 3 aromatic rings. The Labute approximate surface area is 144 Å². The third-order valence-corrected chi connectivity index (χ3v) is 5.45. The summed E-state index contributed by atoms with van der Waals surface area (Å²) in [4.78, 5) is 0. The van der Waals surface area contributed by atoms with Gasteiger partial charge in [-0.15, -0.1) is 10.2 Å². The van der Waals surface area contributed by atoms with E-state index in [1.807, 2.05) is 0 Å². The number of nitrogens with zero attached hydrogens (tertiary/aromatic N) is 2. The molecule has 0 amide bonds. The number of hydrogen-bond donors (Lipinski definition) is 0. The summed E-state index contributed by atoms with van der Waals surface area (Å²) < 4.78 is 0. The van der Waals surface area contributed by atoms with Crippen molar-refractivity contribution in [2.45, 2.75) is 10.7 Å². The molecule has 1 heterocycles. The molecule has 0 saturated heterocycles. The van der Waals surface area contributed by atoms with E-state index >= 15 is 0 Å². The first-order valence-corrected chi connectivity index (χ1v) is 9.50. The molecule has 5 heteroatoms. The predicted octanol–water partition coefficient (Wildman–Crippen LogP) is 5.66. The second kappa shape index (κ2) is 6.81. The summed E-state index contributed by atoms with van der Waals surface area (Å²) in [6.07, 6.45) is 0. The van der Waals surface area contributed by atoms with E-state index in [0.29, 0.717) is 0 Å². The topological polar surface area (TPSA) is 25.8 Å². The van der Waals surface area contributed by atoms with E-state index in [4.69, 9.17) is 0 Å². The third kappa shape index (κ3) is 3.42. The van der Waals surface area contributed by atoms with Gasteiger partial charge < -0.3 is 0 Å². The molecule has 0 atom stereocenters. The van der Waals surface area contributed by atoms with Gasteiger partial charge in [-0.1, -0.05) is 91.7 Å². The van der Waals surface area contributed by atoms with E-state index in [-0.39, 0.29) is 0 Å². The van der Waals surface area contributed by atoms with E-state index in [9.17, 15) is 0 Å². The van der Waals surface area contributed by atoms with E-state index in [2.05, 4.69) is 90.6 Å². The van der Waals surface area contributed by atoms with Crippen LogP contribution in [-0.2, 0) is 10.7 Å². The van der Waals surface area contributed by atoms with Gasteiger partial charge in [-0.05, 0) is 11.1 Å². The fourth-order valence-electron chi connectivity index (χ4n) is 1.93. The van der Waals surface area contributed by atoms with Crippen LogP contribution in [-0.4, -0.2) is 10.2 Å². The minimum atomic E-state index is 0.870. The van der Waals surface area contributed by atoms with E-state index < -0.39 is 0 Å². The molecule has 0 fully saturated rings. The second-order valence-corrected chi connectivity index (χ2v) is 6.67. The summed E-state index contributed by atoms with van der Waals surface area (Å²) in [5.74, 6) is 0. The first kappa shape index (κ1) is 14.9. The molecule has 21 heavy (non-hydrogen) atoms. The van der Waals surface area contributed by atoms with Crippen LogP contribution in [0, 0.1) is 0 Å². The van der Waals surface area contributed by atoms with Crippen LogP contribution in [0.15, 0.2) is 48.5 Å². The standard InChI is InChI=1S/C16H12Br2N2S/c17-9-11-1-5-13(6-2-11)15-19-20-16(21-15)14-7-3-12(10-18)4-8-14/h1-8H,9-10H2. The highest BCUT2D eigenvalue weighted by molar-refractivity contribution is 9.08. The summed E-state index contributed by atoms with van der Waals surface area (Å²) in [6, 6.07) is 16.8. The number of hydrogen-bond acceptors (Lipinski definition) is 3. The Balaban J connectivity index is 1.87. The Morgan fingerprint density at radius 3 is 1.38 bits per heavy atom. The van der Waals surface area contributed by atoms with Crippen molar-refractivity contribution in [2.75, 3.05) is 0 Å². The van der Waals surface area contributed by atoms with Gasteiger partial charge in [0, 0.05) is 21.8 Å². The molecule has 0 N–H and O–H groups in total. The molecule has 0 aliphatic carbocycles. The molecule has 0 radical (unpaired) electrons. The number of alkyl halides is 2. The SMILES string of the molecule is BrCc1ccc(-c2nnc(-c3ccc(CBr)cc3)s2)cc1. The maximum atomic E-state index is 4.31. The molecule has 1 aromatic heterocycles. The zero-order chi connectivity index (χ0) is 14.7. The average Bonchev–Trinajstić information content (AvgIpc) is 3.05. The van der Waals surface area contributed by atoms with Gasteiger partial charge in [-0.3, -0.25) is 0 Å². The lowest BCUT2D eigenvalue weighted by atomic mass is 10.2. The fraction of sp³-hybridized carbons (Fsp3) is 0.125. The van der Waals surface area contributed by atoms with Crippen LogP contribution in [0.2, 0.25) is 0 Å². The molecule has 0 aliphatic rings. The summed E-state index contributed by atoms with van der Waals surface area (Å²) in [7, 11) is 0. The molecule has 0 spiro atoms. The fourth-order valence-corrected chi connectivity index (χ4v) is 3.53. The molecule has 0 unspecified atom stereocenters.